The van der Waals surface area contributed by atoms with Crippen molar-refractivity contribution in [3.8, 4) is 17.0 Å². The van der Waals surface area contributed by atoms with Crippen LogP contribution in [0.4, 0.5) is 0 Å². The van der Waals surface area contributed by atoms with Crippen LogP contribution in [0, 0.1) is 0 Å². The molecule has 1 aliphatic heterocycles. The zero-order valence-corrected chi connectivity index (χ0v) is 14.9. The molecule has 0 amide bonds. The van der Waals surface area contributed by atoms with E-state index in [4.69, 9.17) is 14.5 Å². The standard InChI is InChI=1S/C20H27N3O2/c1-24-17-9-7-15(8-10-17)18-13-21-20(22-18)19-14-25-12-11-23(19)16-5-3-2-4-6-16/h7-10,13,16,19H,2-6,11-12,14H2,1H3,(H,21,22). The molecule has 1 saturated heterocycles. The van der Waals surface area contributed by atoms with Gasteiger partial charge in [-0.3, -0.25) is 4.90 Å². The fourth-order valence-electron chi connectivity index (χ4n) is 4.13. The molecule has 134 valence electrons. The lowest BCUT2D eigenvalue weighted by Crippen LogP contribution is -2.46. The largest absolute Gasteiger partial charge is 0.497 e. The van der Waals surface area contributed by atoms with Crippen molar-refractivity contribution in [3.63, 3.8) is 0 Å². The first-order valence-electron chi connectivity index (χ1n) is 9.38. The van der Waals surface area contributed by atoms with Gasteiger partial charge in [0.15, 0.2) is 0 Å². The summed E-state index contributed by atoms with van der Waals surface area (Å²) in [6.07, 6.45) is 8.64. The second kappa shape index (κ2) is 7.58. The Labute approximate surface area is 149 Å². The molecule has 1 unspecified atom stereocenters. The van der Waals surface area contributed by atoms with Crippen molar-refractivity contribution in [2.24, 2.45) is 0 Å². The van der Waals surface area contributed by atoms with Crippen molar-refractivity contribution >= 4 is 0 Å². The van der Waals surface area contributed by atoms with Crippen LogP contribution in [0.5, 0.6) is 5.75 Å². The normalized spacial score (nSPS) is 22.8. The number of rotatable bonds is 4. The Kier molecular flexibility index (Phi) is 5.04. The number of aromatic amines is 1. The lowest BCUT2D eigenvalue weighted by molar-refractivity contribution is -0.0400. The summed E-state index contributed by atoms with van der Waals surface area (Å²) in [5.41, 5.74) is 2.17. The minimum atomic E-state index is 0.240. The van der Waals surface area contributed by atoms with Crippen LogP contribution in [0.25, 0.3) is 11.3 Å². The molecule has 5 heteroatoms. The zero-order valence-electron chi connectivity index (χ0n) is 14.9. The molecule has 5 nitrogen and oxygen atoms in total. The van der Waals surface area contributed by atoms with Crippen molar-refractivity contribution in [2.45, 2.75) is 44.2 Å². The lowest BCUT2D eigenvalue weighted by Gasteiger charge is -2.41. The van der Waals surface area contributed by atoms with Crippen LogP contribution in [0.3, 0.4) is 0 Å². The van der Waals surface area contributed by atoms with Crippen LogP contribution in [0.15, 0.2) is 30.5 Å². The Morgan fingerprint density at radius 3 is 2.72 bits per heavy atom. The number of H-pyrrole nitrogens is 1. The zero-order chi connectivity index (χ0) is 17.1. The maximum absolute atomic E-state index is 5.78. The highest BCUT2D eigenvalue weighted by molar-refractivity contribution is 5.59. The first-order chi connectivity index (χ1) is 12.3. The van der Waals surface area contributed by atoms with Gasteiger partial charge in [-0.15, -0.1) is 0 Å². The van der Waals surface area contributed by atoms with Crippen LogP contribution in [-0.2, 0) is 4.74 Å². The molecule has 1 atom stereocenters. The third-order valence-electron chi connectivity index (χ3n) is 5.53. The third-order valence-corrected chi connectivity index (χ3v) is 5.53. The van der Waals surface area contributed by atoms with Gasteiger partial charge in [0.2, 0.25) is 0 Å². The van der Waals surface area contributed by atoms with Crippen LogP contribution >= 0.6 is 0 Å². The average molecular weight is 341 g/mol. The van der Waals surface area contributed by atoms with E-state index in [9.17, 15) is 0 Å². The minimum absolute atomic E-state index is 0.240. The summed E-state index contributed by atoms with van der Waals surface area (Å²) >= 11 is 0. The van der Waals surface area contributed by atoms with Crippen LogP contribution in [0.2, 0.25) is 0 Å². The van der Waals surface area contributed by atoms with E-state index < -0.39 is 0 Å². The fourth-order valence-corrected chi connectivity index (χ4v) is 4.13. The Hall–Kier alpha value is -1.85. The number of imidazole rings is 1. The van der Waals surface area contributed by atoms with E-state index in [-0.39, 0.29) is 6.04 Å². The summed E-state index contributed by atoms with van der Waals surface area (Å²) in [7, 11) is 1.69. The number of nitrogens with zero attached hydrogens (tertiary/aromatic N) is 2. The molecule has 2 heterocycles. The molecule has 4 rings (SSSR count). The van der Waals surface area contributed by atoms with Gasteiger partial charge in [0.1, 0.15) is 11.6 Å². The van der Waals surface area contributed by atoms with E-state index in [1.54, 1.807) is 7.11 Å². The number of hydrogen-bond acceptors (Lipinski definition) is 4. The van der Waals surface area contributed by atoms with Gasteiger partial charge in [-0.05, 0) is 42.7 Å². The predicted octanol–water partition coefficient (Wildman–Crippen LogP) is 3.79. The van der Waals surface area contributed by atoms with Crippen molar-refractivity contribution in [1.29, 1.82) is 0 Å². The number of ether oxygens (including phenoxy) is 2. The highest BCUT2D eigenvalue weighted by Gasteiger charge is 2.32. The van der Waals surface area contributed by atoms with Crippen LogP contribution in [-0.4, -0.2) is 47.8 Å². The van der Waals surface area contributed by atoms with Gasteiger partial charge in [0.25, 0.3) is 0 Å². The summed E-state index contributed by atoms with van der Waals surface area (Å²) in [6, 6.07) is 9.00. The van der Waals surface area contributed by atoms with Crippen molar-refractivity contribution in [2.75, 3.05) is 26.9 Å². The number of morpholine rings is 1. The molecule has 2 fully saturated rings. The van der Waals surface area contributed by atoms with E-state index in [1.165, 1.54) is 32.1 Å². The first-order valence-corrected chi connectivity index (χ1v) is 9.38. The van der Waals surface area contributed by atoms with E-state index in [0.29, 0.717) is 6.04 Å². The number of methoxy groups -OCH3 is 1. The summed E-state index contributed by atoms with van der Waals surface area (Å²) < 4.78 is 11.0. The minimum Gasteiger partial charge on any atom is -0.497 e. The summed E-state index contributed by atoms with van der Waals surface area (Å²) in [5, 5.41) is 0. The third kappa shape index (κ3) is 3.58. The van der Waals surface area contributed by atoms with Gasteiger partial charge in [-0.2, -0.15) is 0 Å². The van der Waals surface area contributed by atoms with Gasteiger partial charge < -0.3 is 14.5 Å². The number of hydrogen-bond donors (Lipinski definition) is 1. The lowest BCUT2D eigenvalue weighted by atomic mass is 9.93. The molecule has 0 radical (unpaired) electrons. The fraction of sp³-hybridized carbons (Fsp3) is 0.550. The highest BCUT2D eigenvalue weighted by atomic mass is 16.5. The van der Waals surface area contributed by atoms with Crippen LogP contribution in [0.1, 0.15) is 44.0 Å². The van der Waals surface area contributed by atoms with Gasteiger partial charge >= 0.3 is 0 Å². The molecule has 0 bridgehead atoms. The molecule has 1 N–H and O–H groups in total. The Balaban J connectivity index is 1.54. The number of nitrogens with one attached hydrogen (secondary N) is 1. The molecule has 25 heavy (non-hydrogen) atoms. The molecular formula is C20H27N3O2. The van der Waals surface area contributed by atoms with Gasteiger partial charge in [-0.25, -0.2) is 4.98 Å². The van der Waals surface area contributed by atoms with Crippen LogP contribution < -0.4 is 4.74 Å². The Morgan fingerprint density at radius 1 is 1.16 bits per heavy atom. The maximum Gasteiger partial charge on any atom is 0.126 e. The Bertz CT molecular complexity index is 677. The summed E-state index contributed by atoms with van der Waals surface area (Å²) in [5.74, 6) is 1.89. The predicted molar refractivity (Wildman–Crippen MR) is 97.7 cm³/mol. The van der Waals surface area contributed by atoms with Gasteiger partial charge in [0.05, 0.1) is 38.3 Å². The molecular weight excluding hydrogens is 314 g/mol. The summed E-state index contributed by atoms with van der Waals surface area (Å²) in [6.45, 7) is 2.57. The first kappa shape index (κ1) is 16.6. The van der Waals surface area contributed by atoms with Crippen molar-refractivity contribution in [3.05, 3.63) is 36.3 Å². The van der Waals surface area contributed by atoms with Gasteiger partial charge in [-0.1, -0.05) is 19.3 Å². The monoisotopic (exact) mass is 341 g/mol. The highest BCUT2D eigenvalue weighted by Crippen LogP contribution is 2.32. The number of aromatic nitrogens is 2. The second-order valence-electron chi connectivity index (χ2n) is 7.03. The molecule has 2 aromatic rings. The quantitative estimate of drug-likeness (QED) is 0.919. The molecule has 1 aromatic heterocycles. The molecule has 1 aliphatic carbocycles. The van der Waals surface area contributed by atoms with Crippen molar-refractivity contribution < 1.29 is 9.47 Å². The summed E-state index contributed by atoms with van der Waals surface area (Å²) in [4.78, 5) is 10.9. The van der Waals surface area contributed by atoms with E-state index in [2.05, 4.69) is 22.0 Å². The van der Waals surface area contributed by atoms with Crippen molar-refractivity contribution in [1.82, 2.24) is 14.9 Å². The molecule has 2 aliphatic rings. The Morgan fingerprint density at radius 2 is 1.96 bits per heavy atom. The van der Waals surface area contributed by atoms with Gasteiger partial charge in [0, 0.05) is 12.6 Å². The van der Waals surface area contributed by atoms with E-state index >= 15 is 0 Å². The van der Waals surface area contributed by atoms with E-state index in [0.717, 1.165) is 42.6 Å². The smallest absolute Gasteiger partial charge is 0.126 e. The molecule has 0 spiro atoms. The SMILES string of the molecule is COc1ccc(-c2cnc(C3COCCN3C3CCCCC3)[nH]2)cc1. The molecule has 1 aromatic carbocycles. The van der Waals surface area contributed by atoms with E-state index in [1.807, 2.05) is 18.3 Å². The molecule has 1 saturated carbocycles. The average Bonchev–Trinajstić information content (AvgIpc) is 3.19. The maximum atomic E-state index is 5.78. The number of benzene rings is 1. The topological polar surface area (TPSA) is 50.4 Å². The second-order valence-corrected chi connectivity index (χ2v) is 7.03.